The molecule has 0 saturated carbocycles. The lowest BCUT2D eigenvalue weighted by molar-refractivity contribution is -0.120. The van der Waals surface area contributed by atoms with E-state index in [1.165, 1.54) is 17.7 Å². The van der Waals surface area contributed by atoms with E-state index in [1.54, 1.807) is 24.3 Å². The number of hydrogen-bond acceptors (Lipinski definition) is 3. The normalized spacial score (nSPS) is 12.3. The van der Waals surface area contributed by atoms with Crippen molar-refractivity contribution in [2.24, 2.45) is 0 Å². The molecule has 1 N–H and O–H groups in total. The van der Waals surface area contributed by atoms with Crippen molar-refractivity contribution in [2.75, 3.05) is 10.8 Å². The second-order valence-electron chi connectivity index (χ2n) is 8.38. The van der Waals surface area contributed by atoms with Crippen molar-refractivity contribution in [3.63, 3.8) is 0 Å². The Morgan fingerprint density at radius 3 is 2.09 bits per heavy atom. The molecular weight excluding hydrogens is 439 g/mol. The zero-order valence-electron chi connectivity index (χ0n) is 19.5. The van der Waals surface area contributed by atoms with Crippen molar-refractivity contribution in [1.82, 2.24) is 5.32 Å². The van der Waals surface area contributed by atoms with Gasteiger partial charge in [0.2, 0.25) is 5.91 Å². The lowest BCUT2D eigenvalue weighted by Crippen LogP contribution is -2.41. The van der Waals surface area contributed by atoms with Crippen LogP contribution in [0.5, 0.6) is 0 Å². The van der Waals surface area contributed by atoms with E-state index in [1.807, 2.05) is 40.7 Å². The molecule has 1 atom stereocenters. The fraction of sp³-hybridized carbons (Fsp3) is 0.269. The van der Waals surface area contributed by atoms with Gasteiger partial charge in [-0.05, 0) is 93.3 Å². The Balaban J connectivity index is 1.90. The summed E-state index contributed by atoms with van der Waals surface area (Å²) in [6.45, 7) is 9.40. The van der Waals surface area contributed by atoms with Crippen LogP contribution in [0.3, 0.4) is 0 Å². The predicted octanol–water partition coefficient (Wildman–Crippen LogP) is 5.13. The largest absolute Gasteiger partial charge is 0.348 e. The van der Waals surface area contributed by atoms with E-state index in [0.717, 1.165) is 38.7 Å². The molecule has 174 valence electrons. The smallest absolute Gasteiger partial charge is 0.264 e. The van der Waals surface area contributed by atoms with Gasteiger partial charge in [0.25, 0.3) is 10.0 Å². The molecule has 0 heterocycles. The maximum absolute atomic E-state index is 13.4. The van der Waals surface area contributed by atoms with Crippen molar-refractivity contribution in [3.8, 4) is 0 Å². The number of nitrogens with one attached hydrogen (secondary N) is 1. The fourth-order valence-electron chi connectivity index (χ4n) is 3.70. The molecular formula is C26H29FN2O3S. The molecule has 7 heteroatoms. The molecule has 0 aromatic heterocycles. The van der Waals surface area contributed by atoms with Gasteiger partial charge in [-0.2, -0.15) is 0 Å². The summed E-state index contributed by atoms with van der Waals surface area (Å²) in [6.07, 6.45) is 0. The second-order valence-corrected chi connectivity index (χ2v) is 10.2. The molecule has 0 bridgehead atoms. The number of rotatable bonds is 7. The summed E-state index contributed by atoms with van der Waals surface area (Å²) in [6, 6.07) is 15.3. The van der Waals surface area contributed by atoms with Gasteiger partial charge in [0.15, 0.2) is 0 Å². The van der Waals surface area contributed by atoms with Crippen molar-refractivity contribution >= 4 is 21.6 Å². The Bertz CT molecular complexity index is 1250. The van der Waals surface area contributed by atoms with Gasteiger partial charge in [0, 0.05) is 0 Å². The number of sulfonamides is 1. The van der Waals surface area contributed by atoms with Gasteiger partial charge in [-0.25, -0.2) is 12.8 Å². The summed E-state index contributed by atoms with van der Waals surface area (Å²) < 4.78 is 41.2. The highest BCUT2D eigenvalue weighted by atomic mass is 32.2. The van der Waals surface area contributed by atoms with Gasteiger partial charge in [-0.1, -0.05) is 29.8 Å². The monoisotopic (exact) mass is 468 g/mol. The number of carbonyl (C=O) groups excluding carboxylic acids is 1. The van der Waals surface area contributed by atoms with Crippen molar-refractivity contribution < 1.29 is 17.6 Å². The highest BCUT2D eigenvalue weighted by Gasteiger charge is 2.28. The standard InChI is InChI=1S/C26H29FN2O3S/c1-17-6-10-23(11-7-17)29(33(31,32)24-12-8-22(27)9-13-24)16-26(30)28-21(5)25-15-19(3)18(2)14-20(25)4/h6-15,21H,16H2,1-5H3,(H,28,30)/t21-/m0/s1. The van der Waals surface area contributed by atoms with Crippen LogP contribution in [0.4, 0.5) is 10.1 Å². The molecule has 3 aromatic rings. The maximum atomic E-state index is 13.4. The molecule has 33 heavy (non-hydrogen) atoms. The van der Waals surface area contributed by atoms with Crippen LogP contribution < -0.4 is 9.62 Å². The average molecular weight is 469 g/mol. The summed E-state index contributed by atoms with van der Waals surface area (Å²) in [5.74, 6) is -0.974. The van der Waals surface area contributed by atoms with Crippen LogP contribution in [0.25, 0.3) is 0 Å². The molecule has 0 aliphatic heterocycles. The van der Waals surface area contributed by atoms with E-state index in [0.29, 0.717) is 5.69 Å². The number of carbonyl (C=O) groups is 1. The minimum absolute atomic E-state index is 0.0877. The summed E-state index contributed by atoms with van der Waals surface area (Å²) >= 11 is 0. The van der Waals surface area contributed by atoms with Crippen LogP contribution in [0.2, 0.25) is 0 Å². The third kappa shape index (κ3) is 5.60. The summed E-state index contributed by atoms with van der Waals surface area (Å²) in [4.78, 5) is 12.9. The third-order valence-electron chi connectivity index (χ3n) is 5.74. The number of hydrogen-bond donors (Lipinski definition) is 1. The summed E-state index contributed by atoms with van der Waals surface area (Å²) in [7, 11) is -4.09. The van der Waals surface area contributed by atoms with Crippen molar-refractivity contribution in [2.45, 2.75) is 45.6 Å². The van der Waals surface area contributed by atoms with E-state index in [2.05, 4.69) is 11.4 Å². The van der Waals surface area contributed by atoms with Crippen LogP contribution in [0.15, 0.2) is 65.6 Å². The molecule has 1 amide bonds. The van der Waals surface area contributed by atoms with Crippen LogP contribution in [0.1, 0.15) is 40.8 Å². The highest BCUT2D eigenvalue weighted by Crippen LogP contribution is 2.25. The zero-order valence-corrected chi connectivity index (χ0v) is 20.3. The SMILES string of the molecule is Cc1ccc(N(CC(=O)N[C@@H](C)c2cc(C)c(C)cc2C)S(=O)(=O)c2ccc(F)cc2)cc1. The lowest BCUT2D eigenvalue weighted by Gasteiger charge is -2.25. The number of benzene rings is 3. The number of nitrogens with zero attached hydrogens (tertiary/aromatic N) is 1. The molecule has 0 aliphatic rings. The average Bonchev–Trinajstić information content (AvgIpc) is 2.75. The second kappa shape index (κ2) is 9.75. The minimum Gasteiger partial charge on any atom is -0.348 e. The predicted molar refractivity (Wildman–Crippen MR) is 129 cm³/mol. The third-order valence-corrected chi connectivity index (χ3v) is 7.53. The Kier molecular flexibility index (Phi) is 7.22. The zero-order chi connectivity index (χ0) is 24.3. The molecule has 0 fully saturated rings. The molecule has 0 radical (unpaired) electrons. The Morgan fingerprint density at radius 2 is 1.48 bits per heavy atom. The van der Waals surface area contributed by atoms with Crippen LogP contribution in [0, 0.1) is 33.5 Å². The van der Waals surface area contributed by atoms with Gasteiger partial charge < -0.3 is 5.32 Å². The molecule has 0 aliphatic carbocycles. The van der Waals surface area contributed by atoms with Gasteiger partial charge in [0.1, 0.15) is 12.4 Å². The highest BCUT2D eigenvalue weighted by molar-refractivity contribution is 7.92. The Hall–Kier alpha value is -3.19. The number of amides is 1. The Labute approximate surface area is 195 Å². The number of anilines is 1. The maximum Gasteiger partial charge on any atom is 0.264 e. The van der Waals surface area contributed by atoms with Gasteiger partial charge in [-0.3, -0.25) is 9.10 Å². The van der Waals surface area contributed by atoms with Crippen molar-refractivity contribution in [1.29, 1.82) is 0 Å². The Morgan fingerprint density at radius 1 is 0.909 bits per heavy atom. The summed E-state index contributed by atoms with van der Waals surface area (Å²) in [5, 5.41) is 2.92. The first-order chi connectivity index (χ1) is 15.5. The summed E-state index contributed by atoms with van der Waals surface area (Å²) in [5.41, 5.74) is 5.65. The van der Waals surface area contributed by atoms with Gasteiger partial charge in [-0.15, -0.1) is 0 Å². The molecule has 0 unspecified atom stereocenters. The van der Waals surface area contributed by atoms with E-state index in [-0.39, 0.29) is 10.9 Å². The number of halogens is 1. The molecule has 0 spiro atoms. The molecule has 5 nitrogen and oxygen atoms in total. The first-order valence-electron chi connectivity index (χ1n) is 10.7. The topological polar surface area (TPSA) is 66.5 Å². The fourth-order valence-corrected chi connectivity index (χ4v) is 5.13. The lowest BCUT2D eigenvalue weighted by atomic mass is 9.96. The van der Waals surface area contributed by atoms with Crippen LogP contribution >= 0.6 is 0 Å². The first kappa shape index (κ1) is 24.5. The van der Waals surface area contributed by atoms with Gasteiger partial charge >= 0.3 is 0 Å². The molecule has 3 aromatic carbocycles. The number of aryl methyl sites for hydroxylation is 4. The van der Waals surface area contributed by atoms with E-state index in [4.69, 9.17) is 0 Å². The molecule has 3 rings (SSSR count). The van der Waals surface area contributed by atoms with E-state index >= 15 is 0 Å². The van der Waals surface area contributed by atoms with Crippen LogP contribution in [-0.4, -0.2) is 20.9 Å². The molecule has 0 saturated heterocycles. The van der Waals surface area contributed by atoms with Crippen molar-refractivity contribution in [3.05, 3.63) is 94.3 Å². The quantitative estimate of drug-likeness (QED) is 0.523. The van der Waals surface area contributed by atoms with Gasteiger partial charge in [0.05, 0.1) is 16.6 Å². The van der Waals surface area contributed by atoms with E-state index in [9.17, 15) is 17.6 Å². The first-order valence-corrected chi connectivity index (χ1v) is 12.1. The minimum atomic E-state index is -4.09. The van der Waals surface area contributed by atoms with E-state index < -0.39 is 28.3 Å². The van der Waals surface area contributed by atoms with Crippen LogP contribution in [-0.2, 0) is 14.8 Å².